The van der Waals surface area contributed by atoms with E-state index in [0.29, 0.717) is 19.8 Å². The lowest BCUT2D eigenvalue weighted by Crippen LogP contribution is -2.52. The van der Waals surface area contributed by atoms with Crippen LogP contribution in [0.1, 0.15) is 27.2 Å². The van der Waals surface area contributed by atoms with Gasteiger partial charge in [0.2, 0.25) is 0 Å². The normalized spacial score (nSPS) is 33.6. The summed E-state index contributed by atoms with van der Waals surface area (Å²) in [6.07, 6.45) is 0.436. The number of carbonyl (C=O) groups is 1. The highest BCUT2D eigenvalue weighted by atomic mass is 16.6. The molecule has 2 unspecified atom stereocenters. The number of rotatable bonds is 1. The van der Waals surface area contributed by atoms with Crippen LogP contribution in [0.25, 0.3) is 0 Å². The maximum Gasteiger partial charge on any atom is 0.408 e. The molecule has 2 aliphatic rings. The first kappa shape index (κ1) is 11.7. The zero-order valence-corrected chi connectivity index (χ0v) is 10.0. The summed E-state index contributed by atoms with van der Waals surface area (Å²) in [6.45, 7) is 7.43. The standard InChI is InChI=1S/C11H19NO4/c1-10(2,3)16-9(13)12-8-6-14-5-4-11(8)7-15-11/h8H,4-7H2,1-3H3,(H,12,13). The zero-order chi connectivity index (χ0) is 11.8. The van der Waals surface area contributed by atoms with Crippen molar-refractivity contribution >= 4 is 6.09 Å². The van der Waals surface area contributed by atoms with Gasteiger partial charge in [0.1, 0.15) is 11.2 Å². The van der Waals surface area contributed by atoms with Gasteiger partial charge in [0, 0.05) is 13.0 Å². The monoisotopic (exact) mass is 229 g/mol. The summed E-state index contributed by atoms with van der Waals surface area (Å²) < 4.78 is 16.0. The second kappa shape index (κ2) is 3.89. The highest BCUT2D eigenvalue weighted by molar-refractivity contribution is 5.68. The molecule has 1 spiro atoms. The van der Waals surface area contributed by atoms with Crippen molar-refractivity contribution in [1.29, 1.82) is 0 Å². The molecule has 0 aromatic heterocycles. The predicted molar refractivity (Wildman–Crippen MR) is 57.3 cm³/mol. The summed E-state index contributed by atoms with van der Waals surface area (Å²) in [7, 11) is 0. The van der Waals surface area contributed by atoms with Gasteiger partial charge >= 0.3 is 6.09 Å². The van der Waals surface area contributed by atoms with Crippen molar-refractivity contribution in [2.75, 3.05) is 19.8 Å². The van der Waals surface area contributed by atoms with E-state index >= 15 is 0 Å². The number of ether oxygens (including phenoxy) is 3. The summed E-state index contributed by atoms with van der Waals surface area (Å²) in [6, 6.07) is -0.0869. The van der Waals surface area contributed by atoms with Crippen LogP contribution in [0.5, 0.6) is 0 Å². The molecule has 1 amide bonds. The van der Waals surface area contributed by atoms with Crippen molar-refractivity contribution in [2.24, 2.45) is 0 Å². The first-order valence-corrected chi connectivity index (χ1v) is 5.63. The van der Waals surface area contributed by atoms with Gasteiger partial charge in [0.05, 0.1) is 19.3 Å². The average molecular weight is 229 g/mol. The molecule has 1 N–H and O–H groups in total. The Balaban J connectivity index is 1.86. The smallest absolute Gasteiger partial charge is 0.408 e. The summed E-state index contributed by atoms with van der Waals surface area (Å²) >= 11 is 0. The van der Waals surface area contributed by atoms with Crippen molar-refractivity contribution in [1.82, 2.24) is 5.32 Å². The molecule has 0 aromatic rings. The Bertz CT molecular complexity index is 280. The minimum absolute atomic E-state index is 0.0869. The molecule has 2 rings (SSSR count). The molecule has 2 atom stereocenters. The Hall–Kier alpha value is -0.810. The fourth-order valence-electron chi connectivity index (χ4n) is 1.83. The van der Waals surface area contributed by atoms with Crippen molar-refractivity contribution in [3.63, 3.8) is 0 Å². The largest absolute Gasteiger partial charge is 0.444 e. The predicted octanol–water partition coefficient (Wildman–Crippen LogP) is 1.07. The number of amides is 1. The Morgan fingerprint density at radius 1 is 1.50 bits per heavy atom. The minimum Gasteiger partial charge on any atom is -0.444 e. The van der Waals surface area contributed by atoms with Crippen molar-refractivity contribution in [3.05, 3.63) is 0 Å². The van der Waals surface area contributed by atoms with Gasteiger partial charge in [-0.05, 0) is 20.8 Å². The second-order valence-electron chi connectivity index (χ2n) is 5.38. The number of carbonyl (C=O) groups excluding carboxylic acids is 1. The number of hydrogen-bond acceptors (Lipinski definition) is 4. The highest BCUT2D eigenvalue weighted by Crippen LogP contribution is 2.37. The van der Waals surface area contributed by atoms with Crippen LogP contribution in [0.3, 0.4) is 0 Å². The van der Waals surface area contributed by atoms with Gasteiger partial charge in [-0.1, -0.05) is 0 Å². The van der Waals surface area contributed by atoms with E-state index in [1.54, 1.807) is 0 Å². The SMILES string of the molecule is CC(C)(C)OC(=O)NC1COCCC12CO2. The first-order chi connectivity index (χ1) is 7.41. The van der Waals surface area contributed by atoms with E-state index in [-0.39, 0.29) is 11.6 Å². The lowest BCUT2D eigenvalue weighted by Gasteiger charge is -2.30. The Labute approximate surface area is 95.4 Å². The molecule has 2 aliphatic heterocycles. The molecule has 0 aliphatic carbocycles. The van der Waals surface area contributed by atoms with Gasteiger partial charge in [0.15, 0.2) is 0 Å². The average Bonchev–Trinajstić information content (AvgIpc) is 2.87. The van der Waals surface area contributed by atoms with Crippen LogP contribution in [0, 0.1) is 0 Å². The number of epoxide rings is 1. The molecule has 2 saturated heterocycles. The van der Waals surface area contributed by atoms with Crippen molar-refractivity contribution in [3.8, 4) is 0 Å². The fourth-order valence-corrected chi connectivity index (χ4v) is 1.83. The maximum absolute atomic E-state index is 11.6. The summed E-state index contributed by atoms with van der Waals surface area (Å²) in [5.41, 5.74) is -0.660. The minimum atomic E-state index is -0.475. The third-order valence-electron chi connectivity index (χ3n) is 2.80. The van der Waals surface area contributed by atoms with Crippen molar-refractivity contribution in [2.45, 2.75) is 44.4 Å². The van der Waals surface area contributed by atoms with E-state index in [9.17, 15) is 4.79 Å². The molecule has 0 aromatic carbocycles. The van der Waals surface area contributed by atoms with E-state index in [0.717, 1.165) is 6.42 Å². The quantitative estimate of drug-likeness (QED) is 0.683. The number of nitrogens with one attached hydrogen (secondary N) is 1. The number of alkyl carbamates (subject to hydrolysis) is 1. The van der Waals surface area contributed by atoms with E-state index in [2.05, 4.69) is 5.32 Å². The molecule has 92 valence electrons. The molecule has 2 heterocycles. The van der Waals surface area contributed by atoms with Gasteiger partial charge in [-0.25, -0.2) is 4.79 Å². The molecule has 0 saturated carbocycles. The van der Waals surface area contributed by atoms with Crippen LogP contribution < -0.4 is 5.32 Å². The Morgan fingerprint density at radius 2 is 2.19 bits per heavy atom. The molecular formula is C11H19NO4. The van der Waals surface area contributed by atoms with Crippen LogP contribution in [0.2, 0.25) is 0 Å². The van der Waals surface area contributed by atoms with Gasteiger partial charge in [-0.2, -0.15) is 0 Å². The van der Waals surface area contributed by atoms with Gasteiger partial charge < -0.3 is 19.5 Å². The third-order valence-corrected chi connectivity index (χ3v) is 2.80. The van der Waals surface area contributed by atoms with Crippen LogP contribution in [-0.4, -0.2) is 43.2 Å². The summed E-state index contributed by atoms with van der Waals surface area (Å²) in [4.78, 5) is 11.6. The van der Waals surface area contributed by atoms with Crippen LogP contribution >= 0.6 is 0 Å². The first-order valence-electron chi connectivity index (χ1n) is 5.63. The molecule has 16 heavy (non-hydrogen) atoms. The van der Waals surface area contributed by atoms with Gasteiger partial charge in [0.25, 0.3) is 0 Å². The highest BCUT2D eigenvalue weighted by Gasteiger charge is 2.54. The second-order valence-corrected chi connectivity index (χ2v) is 5.38. The zero-order valence-electron chi connectivity index (χ0n) is 10.0. The molecule has 5 nitrogen and oxygen atoms in total. The van der Waals surface area contributed by atoms with Crippen LogP contribution in [0.15, 0.2) is 0 Å². The van der Waals surface area contributed by atoms with E-state index in [4.69, 9.17) is 14.2 Å². The molecule has 0 radical (unpaired) electrons. The molecule has 2 fully saturated rings. The van der Waals surface area contributed by atoms with Crippen LogP contribution in [0.4, 0.5) is 4.79 Å². The lowest BCUT2D eigenvalue weighted by molar-refractivity contribution is 0.00622. The summed E-state index contributed by atoms with van der Waals surface area (Å²) in [5.74, 6) is 0. The van der Waals surface area contributed by atoms with Gasteiger partial charge in [-0.15, -0.1) is 0 Å². The topological polar surface area (TPSA) is 60.1 Å². The summed E-state index contributed by atoms with van der Waals surface area (Å²) in [5, 5.41) is 2.82. The van der Waals surface area contributed by atoms with E-state index < -0.39 is 11.7 Å². The van der Waals surface area contributed by atoms with Crippen LogP contribution in [-0.2, 0) is 14.2 Å². The van der Waals surface area contributed by atoms with Gasteiger partial charge in [-0.3, -0.25) is 0 Å². The Kier molecular flexibility index (Phi) is 2.84. The molecule has 5 heteroatoms. The molecular weight excluding hydrogens is 210 g/mol. The maximum atomic E-state index is 11.6. The van der Waals surface area contributed by atoms with E-state index in [1.807, 2.05) is 20.8 Å². The Morgan fingerprint density at radius 3 is 2.75 bits per heavy atom. The third kappa shape index (κ3) is 2.65. The lowest BCUT2D eigenvalue weighted by atomic mass is 9.96. The van der Waals surface area contributed by atoms with E-state index in [1.165, 1.54) is 0 Å². The van der Waals surface area contributed by atoms with Crippen molar-refractivity contribution < 1.29 is 19.0 Å². The fraction of sp³-hybridized carbons (Fsp3) is 0.909. The molecule has 0 bridgehead atoms. The number of hydrogen-bond donors (Lipinski definition) is 1.